The third kappa shape index (κ3) is 2.55. The van der Waals surface area contributed by atoms with Crippen LogP contribution < -0.4 is 5.73 Å². The van der Waals surface area contributed by atoms with Crippen LogP contribution >= 0.6 is 0 Å². The van der Waals surface area contributed by atoms with Crippen LogP contribution in [0.3, 0.4) is 0 Å². The van der Waals surface area contributed by atoms with Crippen LogP contribution in [-0.2, 0) is 0 Å². The summed E-state index contributed by atoms with van der Waals surface area (Å²) in [5.74, 6) is 0.676. The zero-order valence-electron chi connectivity index (χ0n) is 15.6. The number of nitrogen functional groups attached to an aromatic ring is 1. The summed E-state index contributed by atoms with van der Waals surface area (Å²) in [5.41, 5.74) is 13.4. The van der Waals surface area contributed by atoms with E-state index in [0.29, 0.717) is 11.5 Å². The maximum atomic E-state index is 5.88. The lowest BCUT2D eigenvalue weighted by atomic mass is 10.1. The fourth-order valence-corrected chi connectivity index (χ4v) is 3.65. The molecule has 6 aromatic rings. The third-order valence-corrected chi connectivity index (χ3v) is 5.07. The normalized spacial score (nSPS) is 11.5. The van der Waals surface area contributed by atoms with Gasteiger partial charge in [0.15, 0.2) is 5.82 Å². The Morgan fingerprint density at radius 3 is 2.80 bits per heavy atom. The van der Waals surface area contributed by atoms with Crippen LogP contribution in [0.4, 0.5) is 5.69 Å². The van der Waals surface area contributed by atoms with Gasteiger partial charge in [-0.2, -0.15) is 5.10 Å². The molecule has 0 aliphatic carbocycles. The molecule has 0 amide bonds. The van der Waals surface area contributed by atoms with E-state index in [0.717, 1.165) is 50.0 Å². The molecule has 0 aliphatic heterocycles. The summed E-state index contributed by atoms with van der Waals surface area (Å²) in [6, 6.07) is 11.7. The van der Waals surface area contributed by atoms with Gasteiger partial charge in [0.1, 0.15) is 5.69 Å². The van der Waals surface area contributed by atoms with Crippen molar-refractivity contribution in [3.63, 3.8) is 0 Å². The molecular weight excluding hydrogens is 378 g/mol. The number of para-hydroxylation sites is 1. The van der Waals surface area contributed by atoms with E-state index in [2.05, 4.69) is 25.1 Å². The number of anilines is 1. The summed E-state index contributed by atoms with van der Waals surface area (Å²) in [7, 11) is 0. The van der Waals surface area contributed by atoms with Crippen molar-refractivity contribution < 1.29 is 4.42 Å². The molecule has 1 aromatic carbocycles. The maximum absolute atomic E-state index is 5.88. The van der Waals surface area contributed by atoms with E-state index in [9.17, 15) is 0 Å². The molecular formula is C22H15N7O. The molecule has 4 N–H and O–H groups in total. The first-order chi connectivity index (χ1) is 14.8. The van der Waals surface area contributed by atoms with E-state index in [4.69, 9.17) is 15.1 Å². The Balaban J connectivity index is 1.52. The van der Waals surface area contributed by atoms with Crippen molar-refractivity contribution in [2.75, 3.05) is 5.73 Å². The van der Waals surface area contributed by atoms with Gasteiger partial charge in [0.25, 0.3) is 0 Å². The number of fused-ring (bicyclic) bond motifs is 2. The van der Waals surface area contributed by atoms with E-state index < -0.39 is 0 Å². The van der Waals surface area contributed by atoms with E-state index in [1.807, 2.05) is 36.4 Å². The summed E-state index contributed by atoms with van der Waals surface area (Å²) in [6.07, 6.45) is 8.47. The number of pyridine rings is 2. The SMILES string of the molecule is Nc1cncc(-c2cc3c(-c4nc5c(-c6ccoc6)cccc5[nH]4)n[nH]c3cn2)c1. The van der Waals surface area contributed by atoms with Gasteiger partial charge in [-0.05, 0) is 24.3 Å². The molecule has 0 unspecified atom stereocenters. The predicted octanol–water partition coefficient (Wildman–Crippen LogP) is 4.41. The minimum absolute atomic E-state index is 0.589. The Morgan fingerprint density at radius 2 is 1.93 bits per heavy atom. The number of aromatic amines is 2. The highest BCUT2D eigenvalue weighted by molar-refractivity contribution is 5.97. The number of benzene rings is 1. The summed E-state index contributed by atoms with van der Waals surface area (Å²) in [5, 5.41) is 8.43. The summed E-state index contributed by atoms with van der Waals surface area (Å²) in [6.45, 7) is 0. The number of aromatic nitrogens is 6. The molecule has 8 heteroatoms. The first-order valence-electron chi connectivity index (χ1n) is 9.33. The van der Waals surface area contributed by atoms with Crippen molar-refractivity contribution in [3.8, 4) is 33.9 Å². The van der Waals surface area contributed by atoms with Gasteiger partial charge in [-0.25, -0.2) is 4.98 Å². The molecule has 0 fully saturated rings. The van der Waals surface area contributed by atoms with Gasteiger partial charge in [0, 0.05) is 34.5 Å². The second-order valence-electron chi connectivity index (χ2n) is 6.99. The second kappa shape index (κ2) is 6.28. The Hall–Kier alpha value is -4.46. The van der Waals surface area contributed by atoms with Crippen LogP contribution in [0.1, 0.15) is 0 Å². The highest BCUT2D eigenvalue weighted by Crippen LogP contribution is 2.32. The molecule has 0 aliphatic rings. The van der Waals surface area contributed by atoms with Crippen molar-refractivity contribution in [1.82, 2.24) is 30.1 Å². The van der Waals surface area contributed by atoms with Gasteiger partial charge in [0.2, 0.25) is 0 Å². The molecule has 8 nitrogen and oxygen atoms in total. The zero-order chi connectivity index (χ0) is 20.1. The lowest BCUT2D eigenvalue weighted by molar-refractivity contribution is 0.568. The van der Waals surface area contributed by atoms with Gasteiger partial charge < -0.3 is 15.1 Å². The number of hydrogen-bond donors (Lipinski definition) is 3. The molecule has 0 saturated heterocycles. The highest BCUT2D eigenvalue weighted by atomic mass is 16.3. The van der Waals surface area contributed by atoms with E-state index in [1.54, 1.807) is 31.1 Å². The van der Waals surface area contributed by atoms with E-state index in [-0.39, 0.29) is 0 Å². The minimum Gasteiger partial charge on any atom is -0.472 e. The first-order valence-corrected chi connectivity index (χ1v) is 9.33. The third-order valence-electron chi connectivity index (χ3n) is 5.07. The minimum atomic E-state index is 0.589. The Morgan fingerprint density at radius 1 is 0.967 bits per heavy atom. The number of rotatable bonds is 3. The maximum Gasteiger partial charge on any atom is 0.159 e. The lowest BCUT2D eigenvalue weighted by Gasteiger charge is -2.02. The monoisotopic (exact) mass is 393 g/mol. The van der Waals surface area contributed by atoms with Crippen LogP contribution in [0.5, 0.6) is 0 Å². The average Bonchev–Trinajstić information content (AvgIpc) is 3.51. The zero-order valence-corrected chi connectivity index (χ0v) is 15.6. The van der Waals surface area contributed by atoms with Crippen molar-refractivity contribution in [3.05, 3.63) is 67.5 Å². The summed E-state index contributed by atoms with van der Waals surface area (Å²) in [4.78, 5) is 16.9. The number of nitrogens with one attached hydrogen (secondary N) is 2. The van der Waals surface area contributed by atoms with Gasteiger partial charge in [-0.15, -0.1) is 0 Å². The van der Waals surface area contributed by atoms with Crippen molar-refractivity contribution in [2.24, 2.45) is 0 Å². The number of nitrogens with two attached hydrogens (primary N) is 1. The molecule has 0 atom stereocenters. The molecule has 144 valence electrons. The molecule has 5 heterocycles. The van der Waals surface area contributed by atoms with Crippen molar-refractivity contribution in [2.45, 2.75) is 0 Å². The Bertz CT molecular complexity index is 1510. The number of hydrogen-bond acceptors (Lipinski definition) is 6. The average molecular weight is 393 g/mol. The highest BCUT2D eigenvalue weighted by Gasteiger charge is 2.16. The van der Waals surface area contributed by atoms with Gasteiger partial charge in [0.05, 0.1) is 46.7 Å². The fraction of sp³-hybridized carbons (Fsp3) is 0. The van der Waals surface area contributed by atoms with Crippen LogP contribution in [0.2, 0.25) is 0 Å². The standard InChI is InChI=1S/C22H15N7O/c23-14-6-13(8-24-9-14)18-7-16-19(10-25-18)28-29-21(16)22-26-17-3-1-2-15(20(17)27-22)12-4-5-30-11-12/h1-11H,23H2,(H,26,27)(H,28,29). The molecule has 0 saturated carbocycles. The largest absolute Gasteiger partial charge is 0.472 e. The second-order valence-corrected chi connectivity index (χ2v) is 6.99. The van der Waals surface area contributed by atoms with Crippen LogP contribution in [0.25, 0.3) is 55.8 Å². The van der Waals surface area contributed by atoms with Crippen LogP contribution in [0.15, 0.2) is 71.9 Å². The van der Waals surface area contributed by atoms with Gasteiger partial charge >= 0.3 is 0 Å². The number of imidazole rings is 1. The smallest absolute Gasteiger partial charge is 0.159 e. The van der Waals surface area contributed by atoms with Gasteiger partial charge in [-0.1, -0.05) is 12.1 Å². The lowest BCUT2D eigenvalue weighted by Crippen LogP contribution is -1.90. The van der Waals surface area contributed by atoms with Crippen LogP contribution in [0, 0.1) is 0 Å². The Labute approximate surface area is 169 Å². The molecule has 30 heavy (non-hydrogen) atoms. The fourth-order valence-electron chi connectivity index (χ4n) is 3.65. The summed E-state index contributed by atoms with van der Waals surface area (Å²) < 4.78 is 5.24. The molecule has 0 radical (unpaired) electrons. The van der Waals surface area contributed by atoms with E-state index >= 15 is 0 Å². The van der Waals surface area contributed by atoms with Crippen molar-refractivity contribution >= 4 is 27.6 Å². The van der Waals surface area contributed by atoms with Gasteiger partial charge in [-0.3, -0.25) is 15.1 Å². The molecule has 0 bridgehead atoms. The number of furan rings is 1. The molecule has 0 spiro atoms. The number of nitrogens with zero attached hydrogens (tertiary/aromatic N) is 4. The predicted molar refractivity (Wildman–Crippen MR) is 114 cm³/mol. The quantitative estimate of drug-likeness (QED) is 0.409. The summed E-state index contributed by atoms with van der Waals surface area (Å²) >= 11 is 0. The van der Waals surface area contributed by atoms with Crippen LogP contribution in [-0.4, -0.2) is 30.1 Å². The number of H-pyrrole nitrogens is 2. The van der Waals surface area contributed by atoms with Crippen molar-refractivity contribution in [1.29, 1.82) is 0 Å². The first kappa shape index (κ1) is 16.5. The molecule has 5 aromatic heterocycles. The molecule has 6 rings (SSSR count). The Kier molecular flexibility index (Phi) is 3.45. The topological polar surface area (TPSA) is 122 Å². The van der Waals surface area contributed by atoms with E-state index in [1.165, 1.54) is 0 Å².